The Morgan fingerprint density at radius 2 is 2.17 bits per heavy atom. The summed E-state index contributed by atoms with van der Waals surface area (Å²) in [7, 11) is 1.61. The Bertz CT molecular complexity index is 994. The molecule has 150 valence electrons. The number of carbonyl (C=O) groups is 1. The van der Waals surface area contributed by atoms with Crippen LogP contribution in [0.4, 0.5) is 5.95 Å². The molecule has 0 aliphatic carbocycles. The average molecular weight is 475 g/mol. The molecule has 1 heterocycles. The van der Waals surface area contributed by atoms with E-state index in [9.17, 15) is 4.79 Å². The lowest BCUT2D eigenvalue weighted by molar-refractivity contribution is -0.118. The van der Waals surface area contributed by atoms with E-state index in [1.165, 1.54) is 11.8 Å². The lowest BCUT2D eigenvalue weighted by Gasteiger charge is -2.08. The Labute approximate surface area is 180 Å². The van der Waals surface area contributed by atoms with E-state index in [1.54, 1.807) is 13.3 Å². The summed E-state index contributed by atoms with van der Waals surface area (Å²) in [5.74, 6) is 1.22. The van der Waals surface area contributed by atoms with Gasteiger partial charge in [-0.1, -0.05) is 58.0 Å². The summed E-state index contributed by atoms with van der Waals surface area (Å²) < 4.78 is 6.25. The molecule has 0 saturated heterocycles. The van der Waals surface area contributed by atoms with E-state index in [0.29, 0.717) is 17.6 Å². The van der Waals surface area contributed by atoms with Crippen molar-refractivity contribution in [3.8, 4) is 5.75 Å². The minimum atomic E-state index is -0.118. The lowest BCUT2D eigenvalue weighted by atomic mass is 10.2. The summed E-state index contributed by atoms with van der Waals surface area (Å²) in [6, 6.07) is 15.3. The van der Waals surface area contributed by atoms with Crippen molar-refractivity contribution >= 4 is 45.8 Å². The Balaban J connectivity index is 1.43. The number of amides is 1. The van der Waals surface area contributed by atoms with Crippen molar-refractivity contribution < 1.29 is 9.53 Å². The molecule has 3 rings (SSSR count). The van der Waals surface area contributed by atoms with Crippen molar-refractivity contribution in [1.82, 2.24) is 20.5 Å². The van der Waals surface area contributed by atoms with Crippen LogP contribution in [0.1, 0.15) is 11.1 Å². The number of methoxy groups -OCH3 is 1. The molecule has 29 heavy (non-hydrogen) atoms. The van der Waals surface area contributed by atoms with E-state index in [4.69, 9.17) is 4.74 Å². The SMILES string of the molecule is COc1ccccc1CNC(=O)CSc1n[nH]c(N/N=C/c2cccc(Br)c2)n1. The number of carbonyl (C=O) groups excluding carboxylic acids is 1. The van der Waals surface area contributed by atoms with Crippen molar-refractivity contribution in [2.45, 2.75) is 11.7 Å². The lowest BCUT2D eigenvalue weighted by Crippen LogP contribution is -2.24. The molecule has 3 N–H and O–H groups in total. The first-order chi connectivity index (χ1) is 14.1. The third-order valence-corrected chi connectivity index (χ3v) is 5.04. The monoisotopic (exact) mass is 474 g/mol. The molecule has 1 amide bonds. The first kappa shape index (κ1) is 20.9. The van der Waals surface area contributed by atoms with Crippen LogP contribution >= 0.6 is 27.7 Å². The second-order valence-corrected chi connectivity index (χ2v) is 7.63. The summed E-state index contributed by atoms with van der Waals surface area (Å²) in [6.45, 7) is 0.397. The maximum Gasteiger partial charge on any atom is 0.240 e. The smallest absolute Gasteiger partial charge is 0.240 e. The minimum absolute atomic E-state index is 0.118. The van der Waals surface area contributed by atoms with Gasteiger partial charge in [0, 0.05) is 16.6 Å². The van der Waals surface area contributed by atoms with Crippen LogP contribution in [0.5, 0.6) is 5.75 Å². The van der Waals surface area contributed by atoms with Gasteiger partial charge in [-0.15, -0.1) is 5.10 Å². The molecule has 0 spiro atoms. The van der Waals surface area contributed by atoms with E-state index >= 15 is 0 Å². The summed E-state index contributed by atoms with van der Waals surface area (Å²) in [5, 5.41) is 14.2. The molecule has 0 aliphatic heterocycles. The maximum absolute atomic E-state index is 12.1. The van der Waals surface area contributed by atoms with E-state index in [1.807, 2.05) is 48.5 Å². The number of benzene rings is 2. The van der Waals surface area contributed by atoms with E-state index in [-0.39, 0.29) is 11.7 Å². The fourth-order valence-electron chi connectivity index (χ4n) is 2.34. The zero-order valence-electron chi connectivity index (χ0n) is 15.6. The van der Waals surface area contributed by atoms with Gasteiger partial charge >= 0.3 is 0 Å². The minimum Gasteiger partial charge on any atom is -0.496 e. The molecule has 1 aromatic heterocycles. The number of ether oxygens (including phenoxy) is 1. The van der Waals surface area contributed by atoms with Crippen LogP contribution < -0.4 is 15.5 Å². The fraction of sp³-hybridized carbons (Fsp3) is 0.158. The number of hydrogen-bond donors (Lipinski definition) is 3. The number of H-pyrrole nitrogens is 1. The second kappa shape index (κ2) is 10.6. The molecular formula is C19H19BrN6O2S. The molecule has 3 aromatic rings. The van der Waals surface area contributed by atoms with Crippen molar-refractivity contribution in [2.75, 3.05) is 18.3 Å². The van der Waals surface area contributed by atoms with Gasteiger partial charge in [0.15, 0.2) is 0 Å². The number of halogens is 1. The molecule has 10 heteroatoms. The van der Waals surface area contributed by atoms with E-state index in [0.717, 1.165) is 21.3 Å². The first-order valence-corrected chi connectivity index (χ1v) is 10.4. The van der Waals surface area contributed by atoms with Gasteiger partial charge in [0.2, 0.25) is 17.0 Å². The standard InChI is InChI=1S/C19H19BrN6O2S/c1-28-16-8-3-2-6-14(16)11-21-17(27)12-29-19-23-18(25-26-19)24-22-10-13-5-4-7-15(20)9-13/h2-10H,11-12H2,1H3,(H,21,27)(H2,23,24,25,26)/b22-10+. The topological polar surface area (TPSA) is 104 Å². The third kappa shape index (κ3) is 6.61. The van der Waals surface area contributed by atoms with Crippen molar-refractivity contribution in [1.29, 1.82) is 0 Å². The largest absolute Gasteiger partial charge is 0.496 e. The summed E-state index contributed by atoms with van der Waals surface area (Å²) in [5.41, 5.74) is 4.63. The van der Waals surface area contributed by atoms with Crippen molar-refractivity contribution in [3.05, 3.63) is 64.1 Å². The summed E-state index contributed by atoms with van der Waals surface area (Å²) in [6.07, 6.45) is 1.67. The number of nitrogens with one attached hydrogen (secondary N) is 3. The number of aromatic amines is 1. The number of hydrogen-bond acceptors (Lipinski definition) is 7. The number of anilines is 1. The molecule has 0 atom stereocenters. The van der Waals surface area contributed by atoms with Gasteiger partial charge in [0.1, 0.15) is 5.75 Å². The molecule has 8 nitrogen and oxygen atoms in total. The molecule has 0 aliphatic rings. The Morgan fingerprint density at radius 1 is 1.31 bits per heavy atom. The highest BCUT2D eigenvalue weighted by Gasteiger charge is 2.08. The normalized spacial score (nSPS) is 10.8. The predicted molar refractivity (Wildman–Crippen MR) is 117 cm³/mol. The van der Waals surface area contributed by atoms with Gasteiger partial charge in [-0.05, 0) is 23.8 Å². The molecule has 0 bridgehead atoms. The molecule has 0 radical (unpaired) electrons. The third-order valence-electron chi connectivity index (χ3n) is 3.70. The van der Waals surface area contributed by atoms with Gasteiger partial charge in [-0.2, -0.15) is 10.1 Å². The number of hydrazone groups is 1. The van der Waals surface area contributed by atoms with Gasteiger partial charge in [-0.25, -0.2) is 10.5 Å². The fourth-order valence-corrected chi connectivity index (χ4v) is 3.38. The van der Waals surface area contributed by atoms with E-state index in [2.05, 4.69) is 47.0 Å². The number of thioether (sulfide) groups is 1. The van der Waals surface area contributed by atoms with Gasteiger partial charge in [0.25, 0.3) is 0 Å². The number of rotatable bonds is 9. The van der Waals surface area contributed by atoms with Gasteiger partial charge in [0.05, 0.1) is 19.1 Å². The van der Waals surface area contributed by atoms with Crippen LogP contribution in [0.25, 0.3) is 0 Å². The Hall–Kier alpha value is -2.85. The molecular weight excluding hydrogens is 456 g/mol. The van der Waals surface area contributed by atoms with Crippen molar-refractivity contribution in [2.24, 2.45) is 5.10 Å². The molecule has 0 unspecified atom stereocenters. The second-order valence-electron chi connectivity index (χ2n) is 5.77. The highest BCUT2D eigenvalue weighted by molar-refractivity contribution is 9.10. The van der Waals surface area contributed by atoms with Crippen LogP contribution in [0.2, 0.25) is 0 Å². The van der Waals surface area contributed by atoms with Crippen LogP contribution in [0.15, 0.2) is 63.3 Å². The van der Waals surface area contributed by atoms with Crippen LogP contribution in [0.3, 0.4) is 0 Å². The predicted octanol–water partition coefficient (Wildman–Crippen LogP) is 3.43. The van der Waals surface area contributed by atoms with Crippen LogP contribution in [-0.4, -0.2) is 40.2 Å². The first-order valence-electron chi connectivity index (χ1n) is 8.62. The Kier molecular flexibility index (Phi) is 7.65. The van der Waals surface area contributed by atoms with E-state index < -0.39 is 0 Å². The van der Waals surface area contributed by atoms with Crippen molar-refractivity contribution in [3.63, 3.8) is 0 Å². The quantitative estimate of drug-likeness (QED) is 0.249. The molecule has 0 saturated carbocycles. The summed E-state index contributed by atoms with van der Waals surface area (Å²) >= 11 is 4.64. The van der Waals surface area contributed by atoms with Gasteiger partial charge in [-0.3, -0.25) is 4.79 Å². The highest BCUT2D eigenvalue weighted by atomic mass is 79.9. The number of para-hydroxylation sites is 1. The van der Waals surface area contributed by atoms with Crippen LogP contribution in [0, 0.1) is 0 Å². The zero-order valence-corrected chi connectivity index (χ0v) is 18.0. The maximum atomic E-state index is 12.1. The zero-order chi connectivity index (χ0) is 20.5. The number of nitrogens with zero attached hydrogens (tertiary/aromatic N) is 3. The highest BCUT2D eigenvalue weighted by Crippen LogP contribution is 2.17. The van der Waals surface area contributed by atoms with Crippen LogP contribution in [-0.2, 0) is 11.3 Å². The van der Waals surface area contributed by atoms with Gasteiger partial charge < -0.3 is 10.1 Å². The molecule has 2 aromatic carbocycles. The summed E-state index contributed by atoms with van der Waals surface area (Å²) in [4.78, 5) is 16.3. The Morgan fingerprint density at radius 3 is 3.00 bits per heavy atom. The average Bonchev–Trinajstić information content (AvgIpc) is 3.19. The molecule has 0 fully saturated rings. The number of aromatic nitrogens is 3.